The van der Waals surface area contributed by atoms with Gasteiger partial charge in [-0.15, -0.1) is 0 Å². The van der Waals surface area contributed by atoms with E-state index in [1.54, 1.807) is 6.07 Å². The maximum Gasteiger partial charge on any atom is 0.352 e. The second kappa shape index (κ2) is 2.37. The number of carbonyl (C=O) groups is 1. The van der Waals surface area contributed by atoms with Gasteiger partial charge in [0.05, 0.1) is 11.4 Å². The minimum absolute atomic E-state index is 0.272. The fourth-order valence-corrected chi connectivity index (χ4v) is 1.20. The summed E-state index contributed by atoms with van der Waals surface area (Å²) in [5.41, 5.74) is 1.51. The summed E-state index contributed by atoms with van der Waals surface area (Å²) in [6.45, 7) is 3.54. The first-order chi connectivity index (χ1) is 5.83. The Labute approximate surface area is 70.3 Å². The second-order valence-electron chi connectivity index (χ2n) is 2.44. The number of urea groups is 1. The number of amides is 2. The van der Waals surface area contributed by atoms with Crippen LogP contribution < -0.4 is 10.2 Å². The molecule has 0 atom stereocenters. The van der Waals surface area contributed by atoms with Crippen LogP contribution in [0.4, 0.5) is 16.2 Å². The number of nitrogens with zero attached hydrogens (tertiary/aromatic N) is 2. The summed E-state index contributed by atoms with van der Waals surface area (Å²) in [4.78, 5) is 12.6. The molecule has 2 rings (SSSR count). The molecule has 59 valence electrons. The lowest BCUT2D eigenvalue weighted by Crippen LogP contribution is -2.21. The van der Waals surface area contributed by atoms with Crippen molar-refractivity contribution in [3.63, 3.8) is 0 Å². The molecule has 1 aliphatic heterocycles. The van der Waals surface area contributed by atoms with Crippen molar-refractivity contribution < 1.29 is 4.79 Å². The lowest BCUT2D eigenvalue weighted by molar-refractivity contribution is 0.252. The zero-order valence-corrected chi connectivity index (χ0v) is 6.40. The van der Waals surface area contributed by atoms with E-state index in [-0.39, 0.29) is 6.03 Å². The summed E-state index contributed by atoms with van der Waals surface area (Å²) in [5, 5.41) is 3.82. The molecule has 1 aromatic carbocycles. The molecule has 0 aliphatic carbocycles. The number of hydrogen-bond donors (Lipinski definition) is 0. The highest BCUT2D eigenvalue weighted by Crippen LogP contribution is 2.31. The van der Waals surface area contributed by atoms with Crippen LogP contribution in [0.3, 0.4) is 0 Å². The van der Waals surface area contributed by atoms with E-state index in [2.05, 4.69) is 11.9 Å². The molecule has 0 spiro atoms. The zero-order chi connectivity index (χ0) is 8.55. The monoisotopic (exact) mass is 159 g/mol. The van der Waals surface area contributed by atoms with E-state index < -0.39 is 0 Å². The highest BCUT2D eigenvalue weighted by Gasteiger charge is 2.25. The molecular formula is C9H7N2O. The Balaban J connectivity index is 2.54. The molecule has 0 N–H and O–H groups in total. The van der Waals surface area contributed by atoms with E-state index in [1.807, 2.05) is 18.2 Å². The van der Waals surface area contributed by atoms with Crippen LogP contribution in [0.25, 0.3) is 0 Å². The van der Waals surface area contributed by atoms with Crippen molar-refractivity contribution in [2.75, 3.05) is 4.90 Å². The van der Waals surface area contributed by atoms with Gasteiger partial charge in [-0.1, -0.05) is 18.7 Å². The quantitative estimate of drug-likeness (QED) is 0.617. The van der Waals surface area contributed by atoms with Crippen molar-refractivity contribution in [2.24, 2.45) is 0 Å². The molecule has 0 bridgehead atoms. The van der Waals surface area contributed by atoms with Gasteiger partial charge in [0.2, 0.25) is 0 Å². The van der Waals surface area contributed by atoms with Crippen molar-refractivity contribution in [3.05, 3.63) is 37.0 Å². The van der Waals surface area contributed by atoms with E-state index >= 15 is 0 Å². The van der Waals surface area contributed by atoms with Gasteiger partial charge in [-0.2, -0.15) is 5.32 Å². The van der Waals surface area contributed by atoms with Gasteiger partial charge in [-0.05, 0) is 12.1 Å². The van der Waals surface area contributed by atoms with Gasteiger partial charge in [-0.25, -0.2) is 4.79 Å². The molecule has 0 unspecified atom stereocenters. The molecule has 1 aromatic rings. The molecule has 0 aromatic heterocycles. The van der Waals surface area contributed by atoms with E-state index in [0.717, 1.165) is 5.69 Å². The van der Waals surface area contributed by atoms with Gasteiger partial charge in [0.1, 0.15) is 0 Å². The molecular weight excluding hydrogens is 152 g/mol. The van der Waals surface area contributed by atoms with Crippen LogP contribution >= 0.6 is 0 Å². The summed E-state index contributed by atoms with van der Waals surface area (Å²) in [6, 6.07) is 7.08. The van der Waals surface area contributed by atoms with Gasteiger partial charge < -0.3 is 0 Å². The molecule has 12 heavy (non-hydrogen) atoms. The third-order valence-electron chi connectivity index (χ3n) is 1.75. The van der Waals surface area contributed by atoms with Crippen molar-refractivity contribution in [1.29, 1.82) is 0 Å². The van der Waals surface area contributed by atoms with Crippen LogP contribution in [0.5, 0.6) is 0 Å². The third kappa shape index (κ3) is 0.797. The van der Waals surface area contributed by atoms with Gasteiger partial charge in [0, 0.05) is 6.20 Å². The second-order valence-corrected chi connectivity index (χ2v) is 2.44. The predicted octanol–water partition coefficient (Wildman–Crippen LogP) is 2.01. The SMILES string of the molecule is C=CN1C(=O)[N]c2ccccc21. The highest BCUT2D eigenvalue weighted by atomic mass is 16.2. The zero-order valence-electron chi connectivity index (χ0n) is 6.40. The van der Waals surface area contributed by atoms with Crippen molar-refractivity contribution >= 4 is 17.4 Å². The largest absolute Gasteiger partial charge is 0.352 e. The maximum atomic E-state index is 11.2. The molecule has 2 amide bonds. The van der Waals surface area contributed by atoms with Crippen LogP contribution in [0.1, 0.15) is 0 Å². The normalized spacial score (nSPS) is 14.0. The first-order valence-corrected chi connectivity index (χ1v) is 3.59. The molecule has 1 aliphatic rings. The Morgan fingerprint density at radius 3 is 2.92 bits per heavy atom. The topological polar surface area (TPSA) is 34.4 Å². The van der Waals surface area contributed by atoms with Gasteiger partial charge >= 0.3 is 6.03 Å². The lowest BCUT2D eigenvalue weighted by atomic mass is 10.3. The number of fused-ring (bicyclic) bond motifs is 1. The maximum absolute atomic E-state index is 11.2. The molecule has 0 saturated heterocycles. The predicted molar refractivity (Wildman–Crippen MR) is 46.3 cm³/mol. The number of carbonyl (C=O) groups excluding carboxylic acids is 1. The van der Waals surface area contributed by atoms with Crippen LogP contribution in [0.15, 0.2) is 37.0 Å². The summed E-state index contributed by atoms with van der Waals surface area (Å²) in [7, 11) is 0. The molecule has 3 nitrogen and oxygen atoms in total. The fourth-order valence-electron chi connectivity index (χ4n) is 1.20. The molecule has 3 heteroatoms. The number of anilines is 1. The lowest BCUT2D eigenvalue weighted by Gasteiger charge is -2.06. The molecule has 1 radical (unpaired) electrons. The summed E-state index contributed by atoms with van der Waals surface area (Å²) < 4.78 is 0. The van der Waals surface area contributed by atoms with Crippen LogP contribution in [0, 0.1) is 0 Å². The Hall–Kier alpha value is -1.77. The average Bonchev–Trinajstić information content (AvgIpc) is 2.40. The molecule has 1 heterocycles. The fraction of sp³-hybridized carbons (Fsp3) is 0. The van der Waals surface area contributed by atoms with E-state index in [0.29, 0.717) is 5.69 Å². The Morgan fingerprint density at radius 1 is 1.42 bits per heavy atom. The van der Waals surface area contributed by atoms with E-state index in [9.17, 15) is 4.79 Å². The summed E-state index contributed by atoms with van der Waals surface area (Å²) in [5.74, 6) is 0. The first-order valence-electron chi connectivity index (χ1n) is 3.59. The van der Waals surface area contributed by atoms with Gasteiger partial charge in [-0.3, -0.25) is 4.90 Å². The number of rotatable bonds is 1. The highest BCUT2D eigenvalue weighted by molar-refractivity contribution is 6.05. The standard InChI is InChI=1S/C9H7N2O/c1-2-11-8-6-4-3-5-7(8)10-9(11)12/h2-6H,1H2. The van der Waals surface area contributed by atoms with Gasteiger partial charge in [0.25, 0.3) is 0 Å². The minimum atomic E-state index is -0.272. The van der Waals surface area contributed by atoms with E-state index in [1.165, 1.54) is 11.1 Å². The summed E-state index contributed by atoms with van der Waals surface area (Å²) >= 11 is 0. The Bertz CT molecular complexity index is 346. The average molecular weight is 159 g/mol. The van der Waals surface area contributed by atoms with Crippen LogP contribution in [0.2, 0.25) is 0 Å². The molecule has 0 saturated carbocycles. The van der Waals surface area contributed by atoms with Crippen molar-refractivity contribution in [3.8, 4) is 0 Å². The van der Waals surface area contributed by atoms with Gasteiger partial charge in [0.15, 0.2) is 0 Å². The third-order valence-corrected chi connectivity index (χ3v) is 1.75. The Morgan fingerprint density at radius 2 is 2.17 bits per heavy atom. The number of para-hydroxylation sites is 2. The van der Waals surface area contributed by atoms with Crippen molar-refractivity contribution in [2.45, 2.75) is 0 Å². The van der Waals surface area contributed by atoms with Crippen LogP contribution in [-0.4, -0.2) is 6.03 Å². The summed E-state index contributed by atoms with van der Waals surface area (Å²) in [6.07, 6.45) is 1.47. The van der Waals surface area contributed by atoms with Crippen LogP contribution in [-0.2, 0) is 0 Å². The first kappa shape index (κ1) is 6.91. The minimum Gasteiger partial charge on any atom is -0.266 e. The number of hydrogen-bond acceptors (Lipinski definition) is 1. The van der Waals surface area contributed by atoms with E-state index in [4.69, 9.17) is 0 Å². The smallest absolute Gasteiger partial charge is 0.266 e. The Kier molecular flexibility index (Phi) is 1.37. The molecule has 0 fully saturated rings. The van der Waals surface area contributed by atoms with Crippen molar-refractivity contribution in [1.82, 2.24) is 5.32 Å². The number of benzene rings is 1.